The summed E-state index contributed by atoms with van der Waals surface area (Å²) in [5.41, 5.74) is 12.0. The van der Waals surface area contributed by atoms with Gasteiger partial charge in [-0.2, -0.15) is 0 Å². The Morgan fingerprint density at radius 2 is 2.19 bits per heavy atom. The van der Waals surface area contributed by atoms with Crippen molar-refractivity contribution in [1.29, 1.82) is 0 Å². The highest BCUT2D eigenvalue weighted by atomic mass is 16.2. The Kier molecular flexibility index (Phi) is 4.84. The van der Waals surface area contributed by atoms with Gasteiger partial charge in [0.15, 0.2) is 0 Å². The normalized spacial score (nSPS) is 12.2. The lowest BCUT2D eigenvalue weighted by atomic mass is 10.1. The largest absolute Gasteiger partial charge is 0.319 e. The zero-order chi connectivity index (χ0) is 12.0. The lowest BCUT2D eigenvalue weighted by Crippen LogP contribution is -2.55. The summed E-state index contributed by atoms with van der Waals surface area (Å²) in [7, 11) is 3.28. The number of amides is 1. The number of rotatable bonds is 5. The number of aromatic nitrogens is 1. The molecule has 1 aromatic rings. The number of hydrazine groups is 2. The molecular formula is C10H17N5O. The van der Waals surface area contributed by atoms with Gasteiger partial charge in [-0.15, -0.1) is 0 Å². The van der Waals surface area contributed by atoms with Crippen molar-refractivity contribution in [2.45, 2.75) is 12.5 Å². The molecule has 0 aromatic carbocycles. The minimum absolute atomic E-state index is 0.226. The van der Waals surface area contributed by atoms with Crippen LogP contribution in [0.3, 0.4) is 0 Å². The zero-order valence-electron chi connectivity index (χ0n) is 9.47. The number of hydrogen-bond acceptors (Lipinski definition) is 5. The Morgan fingerprint density at radius 1 is 1.50 bits per heavy atom. The van der Waals surface area contributed by atoms with Crippen molar-refractivity contribution in [2.75, 3.05) is 14.1 Å². The van der Waals surface area contributed by atoms with Crippen molar-refractivity contribution in [3.63, 3.8) is 0 Å². The van der Waals surface area contributed by atoms with Crippen LogP contribution in [0.2, 0.25) is 0 Å². The molecule has 0 bridgehead atoms. The molecule has 0 saturated carbocycles. The minimum atomic E-state index is -0.616. The van der Waals surface area contributed by atoms with Crippen molar-refractivity contribution < 1.29 is 4.79 Å². The van der Waals surface area contributed by atoms with Crippen molar-refractivity contribution in [1.82, 2.24) is 21.0 Å². The topological polar surface area (TPSA) is 83.3 Å². The summed E-state index contributed by atoms with van der Waals surface area (Å²) in [5, 5.41) is 1.24. The summed E-state index contributed by atoms with van der Waals surface area (Å²) >= 11 is 0. The van der Waals surface area contributed by atoms with Gasteiger partial charge in [-0.1, -0.05) is 6.07 Å². The lowest BCUT2D eigenvalue weighted by molar-refractivity contribution is -0.138. The number of nitrogens with zero attached hydrogens (tertiary/aromatic N) is 2. The Hall–Kier alpha value is -1.50. The molecule has 1 unspecified atom stereocenters. The van der Waals surface area contributed by atoms with Crippen LogP contribution in [0, 0.1) is 0 Å². The van der Waals surface area contributed by atoms with Crippen LogP contribution in [0.5, 0.6) is 0 Å². The lowest BCUT2D eigenvalue weighted by Gasteiger charge is -2.22. The number of carbonyl (C=O) groups excluding carboxylic acids is 1. The molecule has 1 heterocycles. The molecule has 6 nitrogen and oxygen atoms in total. The van der Waals surface area contributed by atoms with Crippen LogP contribution in [-0.4, -0.2) is 36.1 Å². The van der Waals surface area contributed by atoms with Crippen molar-refractivity contribution >= 4 is 5.91 Å². The smallest absolute Gasteiger partial charge is 0.268 e. The highest BCUT2D eigenvalue weighted by Crippen LogP contribution is 1.99. The third-order valence-electron chi connectivity index (χ3n) is 2.14. The maximum atomic E-state index is 11.8. The molecule has 0 spiro atoms. The van der Waals surface area contributed by atoms with Crippen LogP contribution in [0.25, 0.3) is 0 Å². The van der Waals surface area contributed by atoms with E-state index in [1.54, 1.807) is 20.3 Å². The second-order valence-electron chi connectivity index (χ2n) is 3.25. The van der Waals surface area contributed by atoms with Gasteiger partial charge in [-0.3, -0.25) is 9.78 Å². The van der Waals surface area contributed by atoms with Crippen LogP contribution in [-0.2, 0) is 11.2 Å². The van der Waals surface area contributed by atoms with E-state index in [0.29, 0.717) is 6.42 Å². The summed E-state index contributed by atoms with van der Waals surface area (Å²) in [6.45, 7) is 0. The molecule has 1 amide bonds. The van der Waals surface area contributed by atoms with Gasteiger partial charge in [0.25, 0.3) is 5.91 Å². The first-order valence-electron chi connectivity index (χ1n) is 5.03. The Labute approximate surface area is 94.8 Å². The number of carbonyl (C=O) groups is 1. The third kappa shape index (κ3) is 3.27. The van der Waals surface area contributed by atoms with E-state index in [0.717, 1.165) is 5.69 Å². The fourth-order valence-electron chi connectivity index (χ4n) is 1.33. The summed E-state index contributed by atoms with van der Waals surface area (Å²) in [6, 6.07) is 4.92. The average molecular weight is 223 g/mol. The number of nitrogens with one attached hydrogen (secondary N) is 2. The summed E-state index contributed by atoms with van der Waals surface area (Å²) < 4.78 is 0. The van der Waals surface area contributed by atoms with Crippen molar-refractivity contribution in [2.24, 2.45) is 5.73 Å². The fraction of sp³-hybridized carbons (Fsp3) is 0.400. The number of pyridine rings is 1. The maximum Gasteiger partial charge on any atom is 0.268 e. The fourth-order valence-corrected chi connectivity index (χ4v) is 1.33. The SMILES string of the molecule is CNN(NC)C(=O)C(N)Cc1ccccn1. The van der Waals surface area contributed by atoms with E-state index in [1.807, 2.05) is 18.2 Å². The van der Waals surface area contributed by atoms with E-state index in [9.17, 15) is 4.79 Å². The molecule has 6 heteroatoms. The molecule has 1 atom stereocenters. The monoisotopic (exact) mass is 223 g/mol. The summed E-state index contributed by atoms with van der Waals surface area (Å²) in [4.78, 5) is 15.9. The summed E-state index contributed by atoms with van der Waals surface area (Å²) in [6.07, 6.45) is 2.10. The van der Waals surface area contributed by atoms with Crippen LogP contribution < -0.4 is 16.6 Å². The molecule has 1 rings (SSSR count). The van der Waals surface area contributed by atoms with Gasteiger partial charge in [-0.05, 0) is 12.1 Å². The van der Waals surface area contributed by atoms with Gasteiger partial charge in [0.05, 0.1) is 6.04 Å². The Balaban J connectivity index is 2.58. The molecule has 0 saturated heterocycles. The van der Waals surface area contributed by atoms with Crippen LogP contribution in [0.1, 0.15) is 5.69 Å². The van der Waals surface area contributed by atoms with Crippen LogP contribution in [0.4, 0.5) is 0 Å². The van der Waals surface area contributed by atoms with Gasteiger partial charge in [0.2, 0.25) is 0 Å². The predicted molar refractivity (Wildman–Crippen MR) is 60.9 cm³/mol. The van der Waals surface area contributed by atoms with Crippen LogP contribution in [0.15, 0.2) is 24.4 Å². The van der Waals surface area contributed by atoms with E-state index in [1.165, 1.54) is 5.12 Å². The third-order valence-corrected chi connectivity index (χ3v) is 2.14. The first-order valence-corrected chi connectivity index (χ1v) is 5.03. The zero-order valence-corrected chi connectivity index (χ0v) is 9.47. The second-order valence-corrected chi connectivity index (χ2v) is 3.25. The molecule has 0 aliphatic rings. The molecule has 16 heavy (non-hydrogen) atoms. The molecule has 0 aliphatic carbocycles. The number of hydrogen-bond donors (Lipinski definition) is 3. The Bertz CT molecular complexity index is 325. The summed E-state index contributed by atoms with van der Waals surface area (Å²) in [5.74, 6) is -0.226. The first kappa shape index (κ1) is 12.6. The quantitative estimate of drug-likeness (QED) is 0.560. The van der Waals surface area contributed by atoms with E-state index in [2.05, 4.69) is 15.8 Å². The molecular weight excluding hydrogens is 206 g/mol. The van der Waals surface area contributed by atoms with Gasteiger partial charge in [0.1, 0.15) is 0 Å². The maximum absolute atomic E-state index is 11.8. The molecule has 0 fully saturated rings. The predicted octanol–water partition coefficient (Wildman–Crippen LogP) is -0.951. The average Bonchev–Trinajstić information content (AvgIpc) is 2.31. The van der Waals surface area contributed by atoms with Gasteiger partial charge >= 0.3 is 0 Å². The van der Waals surface area contributed by atoms with E-state index < -0.39 is 6.04 Å². The first-order chi connectivity index (χ1) is 7.69. The van der Waals surface area contributed by atoms with Crippen LogP contribution >= 0.6 is 0 Å². The highest BCUT2D eigenvalue weighted by molar-refractivity contribution is 5.81. The standard InChI is InChI=1S/C10H17N5O/c1-12-15(13-2)10(16)9(11)7-8-5-3-4-6-14-8/h3-6,9,12-13H,7,11H2,1-2H3. The number of nitrogens with two attached hydrogens (primary N) is 1. The highest BCUT2D eigenvalue weighted by Gasteiger charge is 2.19. The van der Waals surface area contributed by atoms with Gasteiger partial charge < -0.3 is 5.73 Å². The molecule has 4 N–H and O–H groups in total. The van der Waals surface area contributed by atoms with Crippen molar-refractivity contribution in [3.8, 4) is 0 Å². The second kappa shape index (κ2) is 6.16. The van der Waals surface area contributed by atoms with E-state index >= 15 is 0 Å². The van der Waals surface area contributed by atoms with Gasteiger partial charge in [0, 0.05) is 32.4 Å². The van der Waals surface area contributed by atoms with E-state index in [4.69, 9.17) is 5.73 Å². The Morgan fingerprint density at radius 3 is 2.69 bits per heavy atom. The molecule has 1 aromatic heterocycles. The molecule has 0 radical (unpaired) electrons. The van der Waals surface area contributed by atoms with Crippen molar-refractivity contribution in [3.05, 3.63) is 30.1 Å². The minimum Gasteiger partial charge on any atom is -0.319 e. The van der Waals surface area contributed by atoms with E-state index in [-0.39, 0.29) is 5.91 Å². The molecule has 0 aliphatic heterocycles. The molecule has 88 valence electrons. The van der Waals surface area contributed by atoms with Gasteiger partial charge in [-0.25, -0.2) is 16.0 Å².